The van der Waals surface area contributed by atoms with Gasteiger partial charge in [-0.05, 0) is 42.5 Å². The number of ketones is 1. The summed E-state index contributed by atoms with van der Waals surface area (Å²) in [6, 6.07) is 8.27. The van der Waals surface area contributed by atoms with Crippen LogP contribution in [0.3, 0.4) is 0 Å². The van der Waals surface area contributed by atoms with Crippen molar-refractivity contribution in [3.63, 3.8) is 0 Å². The van der Waals surface area contributed by atoms with Gasteiger partial charge in [-0.3, -0.25) is 19.5 Å². The number of carbonyl (C=O) groups excluding carboxylic acids is 2. The fraction of sp³-hybridized carbons (Fsp3) is 0.400. The molecule has 214 valence electrons. The first kappa shape index (κ1) is 27.5. The Labute approximate surface area is 241 Å². The Morgan fingerprint density at radius 3 is 2.76 bits per heavy atom. The smallest absolute Gasteiger partial charge is 0.269 e. The molecular formula is C30H32FN5O4S. The lowest BCUT2D eigenvalue weighted by atomic mass is 10.0. The Morgan fingerprint density at radius 2 is 1.98 bits per heavy atom. The van der Waals surface area contributed by atoms with Gasteiger partial charge in [-0.2, -0.15) is 0 Å². The van der Waals surface area contributed by atoms with Crippen molar-refractivity contribution in [2.75, 3.05) is 39.4 Å². The summed E-state index contributed by atoms with van der Waals surface area (Å²) >= 11 is 1.41. The number of morpholine rings is 1. The number of rotatable bonds is 11. The quantitative estimate of drug-likeness (QED) is 0.278. The molecule has 41 heavy (non-hydrogen) atoms. The molecule has 9 nitrogen and oxygen atoms in total. The lowest BCUT2D eigenvalue weighted by Gasteiger charge is -2.26. The molecule has 0 unspecified atom stereocenters. The summed E-state index contributed by atoms with van der Waals surface area (Å²) in [5, 5.41) is 2.98. The highest BCUT2D eigenvalue weighted by Gasteiger charge is 2.24. The number of thiophene rings is 1. The van der Waals surface area contributed by atoms with Crippen molar-refractivity contribution < 1.29 is 23.5 Å². The van der Waals surface area contributed by atoms with E-state index < -0.39 is 5.82 Å². The second-order valence-electron chi connectivity index (χ2n) is 10.6. The number of Topliss-reactive ketones (excluding diaryl/α,β-unsaturated/α-hetero) is 1. The highest BCUT2D eigenvalue weighted by molar-refractivity contribution is 7.22. The van der Waals surface area contributed by atoms with Crippen molar-refractivity contribution in [1.82, 2.24) is 24.8 Å². The number of amides is 1. The van der Waals surface area contributed by atoms with E-state index in [1.165, 1.54) is 17.4 Å². The Balaban J connectivity index is 1.14. The van der Waals surface area contributed by atoms with Crippen molar-refractivity contribution in [2.24, 2.45) is 13.0 Å². The van der Waals surface area contributed by atoms with E-state index in [2.05, 4.69) is 20.2 Å². The minimum absolute atomic E-state index is 0.0823. The second kappa shape index (κ2) is 12.1. The number of hydrogen-bond donors (Lipinski definition) is 1. The third-order valence-corrected chi connectivity index (χ3v) is 8.60. The molecule has 1 aliphatic carbocycles. The van der Waals surface area contributed by atoms with Gasteiger partial charge in [0, 0.05) is 58.3 Å². The van der Waals surface area contributed by atoms with Crippen LogP contribution in [0.1, 0.15) is 35.3 Å². The maximum atomic E-state index is 14.9. The van der Waals surface area contributed by atoms with Crippen LogP contribution >= 0.6 is 11.3 Å². The summed E-state index contributed by atoms with van der Waals surface area (Å²) in [6.07, 6.45) is 6.23. The number of aromatic nitrogens is 3. The summed E-state index contributed by atoms with van der Waals surface area (Å²) in [5.41, 5.74) is 1.79. The van der Waals surface area contributed by atoms with E-state index in [9.17, 15) is 14.0 Å². The fourth-order valence-electron chi connectivity index (χ4n) is 5.00. The van der Waals surface area contributed by atoms with Crippen LogP contribution < -0.4 is 10.1 Å². The number of fused-ring (bicyclic) bond motifs is 1. The molecule has 4 aromatic rings. The average Bonchev–Trinajstić information content (AvgIpc) is 3.52. The highest BCUT2D eigenvalue weighted by atomic mass is 32.1. The monoisotopic (exact) mass is 577 g/mol. The molecule has 1 amide bonds. The van der Waals surface area contributed by atoms with Gasteiger partial charge in [0.2, 0.25) is 0 Å². The zero-order valence-corrected chi connectivity index (χ0v) is 23.7. The normalized spacial score (nSPS) is 15.8. The van der Waals surface area contributed by atoms with Crippen LogP contribution in [0, 0.1) is 11.7 Å². The predicted molar refractivity (Wildman–Crippen MR) is 154 cm³/mol. The third-order valence-electron chi connectivity index (χ3n) is 7.47. The molecule has 1 saturated carbocycles. The van der Waals surface area contributed by atoms with E-state index in [-0.39, 0.29) is 23.9 Å². The third kappa shape index (κ3) is 6.47. The van der Waals surface area contributed by atoms with Crippen LogP contribution in [-0.4, -0.2) is 70.5 Å². The van der Waals surface area contributed by atoms with Crippen LogP contribution in [0.5, 0.6) is 11.5 Å². The number of pyridine rings is 1. The maximum absolute atomic E-state index is 14.9. The molecule has 0 spiro atoms. The van der Waals surface area contributed by atoms with E-state index in [1.54, 1.807) is 42.2 Å². The number of ether oxygens (including phenoxy) is 2. The number of halogens is 1. The predicted octanol–water partition coefficient (Wildman–Crippen LogP) is 4.60. The van der Waals surface area contributed by atoms with E-state index in [4.69, 9.17) is 9.47 Å². The number of imidazole rings is 1. The summed E-state index contributed by atoms with van der Waals surface area (Å²) in [5.74, 6) is 1.14. The van der Waals surface area contributed by atoms with Gasteiger partial charge in [-0.15, -0.1) is 11.3 Å². The first-order chi connectivity index (χ1) is 19.9. The van der Waals surface area contributed by atoms with Gasteiger partial charge in [0.1, 0.15) is 23.1 Å². The first-order valence-electron chi connectivity index (χ1n) is 13.9. The van der Waals surface area contributed by atoms with Gasteiger partial charge in [-0.25, -0.2) is 9.37 Å². The molecule has 3 aromatic heterocycles. The van der Waals surface area contributed by atoms with Gasteiger partial charge in [0.15, 0.2) is 11.6 Å². The summed E-state index contributed by atoms with van der Waals surface area (Å²) in [4.78, 5) is 37.1. The fourth-order valence-corrected chi connectivity index (χ4v) is 6.09. The number of carbonyl (C=O) groups is 2. The summed E-state index contributed by atoms with van der Waals surface area (Å²) in [6.45, 7) is 4.50. The Kier molecular flexibility index (Phi) is 8.09. The summed E-state index contributed by atoms with van der Waals surface area (Å²) in [7, 11) is 1.81. The number of benzene rings is 1. The van der Waals surface area contributed by atoms with Gasteiger partial charge < -0.3 is 19.4 Å². The van der Waals surface area contributed by atoms with Gasteiger partial charge in [0.05, 0.1) is 34.5 Å². The zero-order chi connectivity index (χ0) is 28.3. The molecule has 1 aromatic carbocycles. The molecule has 0 radical (unpaired) electrons. The zero-order valence-electron chi connectivity index (χ0n) is 22.9. The number of nitrogens with one attached hydrogen (secondary N) is 1. The molecule has 0 bridgehead atoms. The molecule has 11 heteroatoms. The van der Waals surface area contributed by atoms with Gasteiger partial charge in [0.25, 0.3) is 5.91 Å². The van der Waals surface area contributed by atoms with E-state index in [0.717, 1.165) is 55.3 Å². The molecular weight excluding hydrogens is 545 g/mol. The average molecular weight is 578 g/mol. The number of nitrogens with zero attached hydrogens (tertiary/aromatic N) is 4. The van der Waals surface area contributed by atoms with Crippen molar-refractivity contribution >= 4 is 33.2 Å². The van der Waals surface area contributed by atoms with Crippen LogP contribution in [0.15, 0.2) is 42.7 Å². The van der Waals surface area contributed by atoms with Crippen molar-refractivity contribution in [3.8, 4) is 22.2 Å². The molecule has 1 N–H and O–H groups in total. The molecule has 6 rings (SSSR count). The van der Waals surface area contributed by atoms with Gasteiger partial charge >= 0.3 is 0 Å². The van der Waals surface area contributed by atoms with Gasteiger partial charge in [-0.1, -0.05) is 6.07 Å². The van der Waals surface area contributed by atoms with Crippen LogP contribution in [0.25, 0.3) is 20.9 Å². The van der Waals surface area contributed by atoms with Crippen molar-refractivity contribution in [1.29, 1.82) is 0 Å². The second-order valence-corrected chi connectivity index (χ2v) is 11.7. The minimum atomic E-state index is -0.517. The van der Waals surface area contributed by atoms with Crippen LogP contribution in [0.4, 0.5) is 4.39 Å². The molecule has 4 heterocycles. The largest absolute Gasteiger partial charge is 0.453 e. The SMILES string of the molecule is Cn1c(C(=O)NCCN2CCOCC2)cnc1-c1cc2nccc(Oc3ccc(CC(=O)CC4CC4)cc3F)c2s1. The van der Waals surface area contributed by atoms with Crippen molar-refractivity contribution in [3.05, 3.63) is 59.8 Å². The molecule has 1 aliphatic heterocycles. The molecule has 1 saturated heterocycles. The Morgan fingerprint density at radius 1 is 1.15 bits per heavy atom. The van der Waals surface area contributed by atoms with E-state index in [0.29, 0.717) is 47.2 Å². The highest BCUT2D eigenvalue weighted by Crippen LogP contribution is 2.39. The van der Waals surface area contributed by atoms with Crippen LogP contribution in [0.2, 0.25) is 0 Å². The standard InChI is InChI=1S/C30H32FN5O4S/c1-35-24(30(38)33-8-9-36-10-12-39-13-11-36)18-34-29(35)27-17-23-28(41-27)26(6-7-32-23)40-25-5-4-20(16-22(25)31)15-21(37)14-19-2-3-19/h4-7,16-19H,2-3,8-15H2,1H3,(H,33,38). The lowest BCUT2D eigenvalue weighted by molar-refractivity contribution is -0.118. The number of hydrogen-bond acceptors (Lipinski definition) is 8. The van der Waals surface area contributed by atoms with Crippen LogP contribution in [-0.2, 0) is 23.0 Å². The Hall–Kier alpha value is -3.67. The van der Waals surface area contributed by atoms with E-state index in [1.807, 2.05) is 6.07 Å². The molecule has 0 atom stereocenters. The summed E-state index contributed by atoms with van der Waals surface area (Å²) < 4.78 is 28.8. The molecule has 2 fully saturated rings. The van der Waals surface area contributed by atoms with E-state index >= 15 is 0 Å². The lowest BCUT2D eigenvalue weighted by Crippen LogP contribution is -2.41. The Bertz CT molecular complexity index is 1570. The minimum Gasteiger partial charge on any atom is -0.453 e. The topological polar surface area (TPSA) is 98.6 Å². The van der Waals surface area contributed by atoms with Crippen molar-refractivity contribution in [2.45, 2.75) is 25.7 Å². The first-order valence-corrected chi connectivity index (χ1v) is 14.7. The molecule has 2 aliphatic rings. The maximum Gasteiger partial charge on any atom is 0.269 e.